The summed E-state index contributed by atoms with van der Waals surface area (Å²) in [4.78, 5) is 0. The quantitative estimate of drug-likeness (QED) is 0.643. The first kappa shape index (κ1) is 9.96. The highest BCUT2D eigenvalue weighted by Gasteiger charge is 2.27. The predicted octanol–water partition coefficient (Wildman–Crippen LogP) is 2.58. The maximum Gasteiger partial charge on any atom is 0.0667 e. The third-order valence-corrected chi connectivity index (χ3v) is 2.75. The molecule has 10 heavy (non-hydrogen) atoms. The third-order valence-electron chi connectivity index (χ3n) is 2.75. The summed E-state index contributed by atoms with van der Waals surface area (Å²) in [6, 6.07) is 0. The van der Waals surface area contributed by atoms with Gasteiger partial charge in [0.1, 0.15) is 0 Å². The second kappa shape index (κ2) is 3.97. The standard InChI is InChI=1S/C9H20O/c1-5-8(4)9(10,6-2)7-3/h8,10H,5-7H2,1-4H3. The fourth-order valence-corrected chi connectivity index (χ4v) is 1.33. The summed E-state index contributed by atoms with van der Waals surface area (Å²) in [5.74, 6) is 0.433. The molecular formula is C9H20O. The molecule has 0 aliphatic carbocycles. The van der Waals surface area contributed by atoms with Gasteiger partial charge >= 0.3 is 0 Å². The van der Waals surface area contributed by atoms with Crippen LogP contribution in [0.25, 0.3) is 0 Å². The van der Waals surface area contributed by atoms with Gasteiger partial charge in [0.05, 0.1) is 5.60 Å². The smallest absolute Gasteiger partial charge is 0.0667 e. The van der Waals surface area contributed by atoms with Crippen molar-refractivity contribution in [1.29, 1.82) is 0 Å². The van der Waals surface area contributed by atoms with Crippen LogP contribution < -0.4 is 0 Å². The van der Waals surface area contributed by atoms with Gasteiger partial charge in [0.25, 0.3) is 0 Å². The molecule has 0 rings (SSSR count). The maximum absolute atomic E-state index is 9.90. The zero-order chi connectivity index (χ0) is 8.20. The first-order chi connectivity index (χ1) is 4.60. The van der Waals surface area contributed by atoms with Gasteiger partial charge in [0.2, 0.25) is 0 Å². The molecule has 1 unspecified atom stereocenters. The Hall–Kier alpha value is -0.0400. The fraction of sp³-hybridized carbons (Fsp3) is 1.00. The van der Waals surface area contributed by atoms with Gasteiger partial charge in [-0.25, -0.2) is 0 Å². The third kappa shape index (κ3) is 1.98. The lowest BCUT2D eigenvalue weighted by molar-refractivity contribution is -0.0202. The molecule has 0 fully saturated rings. The predicted molar refractivity (Wildman–Crippen MR) is 45.0 cm³/mol. The number of hydrogen-bond donors (Lipinski definition) is 1. The molecule has 0 saturated carbocycles. The molecule has 0 aromatic carbocycles. The number of aliphatic hydroxyl groups is 1. The summed E-state index contributed by atoms with van der Waals surface area (Å²) < 4.78 is 0. The van der Waals surface area contributed by atoms with Gasteiger partial charge in [-0.15, -0.1) is 0 Å². The molecule has 0 aromatic heterocycles. The van der Waals surface area contributed by atoms with E-state index in [-0.39, 0.29) is 0 Å². The summed E-state index contributed by atoms with van der Waals surface area (Å²) in [5.41, 5.74) is -0.408. The summed E-state index contributed by atoms with van der Waals surface area (Å²) >= 11 is 0. The molecule has 0 aromatic rings. The molecule has 0 bridgehead atoms. The normalized spacial score (nSPS) is 15.3. The Labute approximate surface area is 64.5 Å². The molecule has 0 aliphatic rings. The van der Waals surface area contributed by atoms with Crippen LogP contribution in [-0.2, 0) is 0 Å². The molecule has 0 radical (unpaired) electrons. The van der Waals surface area contributed by atoms with E-state index in [1.807, 2.05) is 0 Å². The summed E-state index contributed by atoms with van der Waals surface area (Å²) in [5, 5.41) is 9.90. The van der Waals surface area contributed by atoms with Gasteiger partial charge in [0, 0.05) is 0 Å². The largest absolute Gasteiger partial charge is 0.390 e. The number of hydrogen-bond acceptors (Lipinski definition) is 1. The number of rotatable bonds is 4. The first-order valence-corrected chi connectivity index (χ1v) is 4.33. The lowest BCUT2D eigenvalue weighted by Crippen LogP contribution is -2.34. The maximum atomic E-state index is 9.90. The van der Waals surface area contributed by atoms with Crippen molar-refractivity contribution in [2.45, 2.75) is 52.6 Å². The monoisotopic (exact) mass is 144 g/mol. The second-order valence-electron chi connectivity index (χ2n) is 3.12. The van der Waals surface area contributed by atoms with Gasteiger partial charge in [-0.2, -0.15) is 0 Å². The Morgan fingerprint density at radius 3 is 1.70 bits per heavy atom. The van der Waals surface area contributed by atoms with E-state index in [9.17, 15) is 5.11 Å². The van der Waals surface area contributed by atoms with Crippen molar-refractivity contribution in [1.82, 2.24) is 0 Å². The van der Waals surface area contributed by atoms with Gasteiger partial charge in [0.15, 0.2) is 0 Å². The summed E-state index contributed by atoms with van der Waals surface area (Å²) in [6.45, 7) is 8.35. The van der Waals surface area contributed by atoms with Crippen molar-refractivity contribution in [3.05, 3.63) is 0 Å². The van der Waals surface area contributed by atoms with Crippen LogP contribution in [0.5, 0.6) is 0 Å². The Bertz CT molecular complexity index is 84.7. The first-order valence-electron chi connectivity index (χ1n) is 4.33. The molecule has 1 nitrogen and oxygen atoms in total. The van der Waals surface area contributed by atoms with Gasteiger partial charge in [-0.1, -0.05) is 34.1 Å². The van der Waals surface area contributed by atoms with E-state index in [1.54, 1.807) is 0 Å². The average molecular weight is 144 g/mol. The van der Waals surface area contributed by atoms with Crippen LogP contribution in [0.1, 0.15) is 47.0 Å². The Morgan fingerprint density at radius 1 is 1.20 bits per heavy atom. The topological polar surface area (TPSA) is 20.2 Å². The van der Waals surface area contributed by atoms with Crippen LogP contribution in [0.4, 0.5) is 0 Å². The highest BCUT2D eigenvalue weighted by molar-refractivity contribution is 4.79. The van der Waals surface area contributed by atoms with Gasteiger partial charge in [-0.05, 0) is 18.8 Å². The van der Waals surface area contributed by atoms with Crippen molar-refractivity contribution in [2.24, 2.45) is 5.92 Å². The van der Waals surface area contributed by atoms with Crippen molar-refractivity contribution >= 4 is 0 Å². The van der Waals surface area contributed by atoms with Crippen molar-refractivity contribution in [3.63, 3.8) is 0 Å². The highest BCUT2D eigenvalue weighted by Crippen LogP contribution is 2.26. The highest BCUT2D eigenvalue weighted by atomic mass is 16.3. The van der Waals surface area contributed by atoms with Crippen LogP contribution in [0.3, 0.4) is 0 Å². The molecule has 1 heteroatoms. The Balaban J connectivity index is 4.02. The molecule has 0 heterocycles. The van der Waals surface area contributed by atoms with Crippen molar-refractivity contribution < 1.29 is 5.11 Å². The molecule has 0 amide bonds. The minimum Gasteiger partial charge on any atom is -0.390 e. The zero-order valence-corrected chi connectivity index (χ0v) is 7.65. The van der Waals surface area contributed by atoms with E-state index in [0.29, 0.717) is 5.92 Å². The van der Waals surface area contributed by atoms with Gasteiger partial charge < -0.3 is 5.11 Å². The van der Waals surface area contributed by atoms with Crippen LogP contribution in [0.15, 0.2) is 0 Å². The molecule has 62 valence electrons. The minimum absolute atomic E-state index is 0.408. The summed E-state index contributed by atoms with van der Waals surface area (Å²) in [7, 11) is 0. The van der Waals surface area contributed by atoms with Crippen molar-refractivity contribution in [3.8, 4) is 0 Å². The Morgan fingerprint density at radius 2 is 1.60 bits per heavy atom. The average Bonchev–Trinajstić information content (AvgIpc) is 2.01. The van der Waals surface area contributed by atoms with Crippen LogP contribution in [0.2, 0.25) is 0 Å². The van der Waals surface area contributed by atoms with E-state index in [4.69, 9.17) is 0 Å². The van der Waals surface area contributed by atoms with Gasteiger partial charge in [-0.3, -0.25) is 0 Å². The second-order valence-corrected chi connectivity index (χ2v) is 3.12. The SMILES string of the molecule is CCC(C)C(O)(CC)CC. The van der Waals surface area contributed by atoms with E-state index >= 15 is 0 Å². The van der Waals surface area contributed by atoms with Crippen LogP contribution >= 0.6 is 0 Å². The van der Waals surface area contributed by atoms with Crippen LogP contribution in [0, 0.1) is 5.92 Å². The van der Waals surface area contributed by atoms with Crippen LogP contribution in [-0.4, -0.2) is 10.7 Å². The van der Waals surface area contributed by atoms with Crippen molar-refractivity contribution in [2.75, 3.05) is 0 Å². The molecule has 0 spiro atoms. The minimum atomic E-state index is -0.408. The molecular weight excluding hydrogens is 124 g/mol. The lowest BCUT2D eigenvalue weighted by atomic mass is 9.83. The molecule has 1 N–H and O–H groups in total. The van der Waals surface area contributed by atoms with E-state index in [1.165, 1.54) is 0 Å². The summed E-state index contributed by atoms with van der Waals surface area (Å²) in [6.07, 6.45) is 2.81. The van der Waals surface area contributed by atoms with E-state index in [0.717, 1.165) is 19.3 Å². The molecule has 0 aliphatic heterocycles. The van der Waals surface area contributed by atoms with E-state index < -0.39 is 5.60 Å². The fourth-order valence-electron chi connectivity index (χ4n) is 1.33. The molecule has 0 saturated heterocycles. The Kier molecular flexibility index (Phi) is 3.95. The molecule has 1 atom stereocenters. The van der Waals surface area contributed by atoms with E-state index in [2.05, 4.69) is 27.7 Å². The zero-order valence-electron chi connectivity index (χ0n) is 7.65. The lowest BCUT2D eigenvalue weighted by Gasteiger charge is -2.31.